The number of hydrogen-bond donors (Lipinski definition) is 1. The van der Waals surface area contributed by atoms with Gasteiger partial charge in [0.2, 0.25) is 5.91 Å². The normalized spacial score (nSPS) is 23.5. The summed E-state index contributed by atoms with van der Waals surface area (Å²) in [5.41, 5.74) is 8.08. The number of carbonyl (C=O) groups excluding carboxylic acids is 1. The molecule has 6 heteroatoms. The summed E-state index contributed by atoms with van der Waals surface area (Å²) in [6.07, 6.45) is 1.11. The molecule has 0 bridgehead atoms. The lowest BCUT2D eigenvalue weighted by molar-refractivity contribution is -0.122. The van der Waals surface area contributed by atoms with Crippen LogP contribution < -0.4 is 5.73 Å². The first-order valence-electron chi connectivity index (χ1n) is 6.65. The topological polar surface area (TPSA) is 63.6 Å². The lowest BCUT2D eigenvalue weighted by Crippen LogP contribution is -2.39. The molecule has 1 amide bonds. The molecule has 1 aliphatic heterocycles. The van der Waals surface area contributed by atoms with Gasteiger partial charge in [-0.1, -0.05) is 6.07 Å². The van der Waals surface area contributed by atoms with Gasteiger partial charge in [0.15, 0.2) is 0 Å². The first-order valence-corrected chi connectivity index (χ1v) is 6.65. The highest BCUT2D eigenvalue weighted by atomic mass is 19.1. The number of hydrogen-bond acceptors (Lipinski definition) is 3. The van der Waals surface area contributed by atoms with Gasteiger partial charge in [-0.25, -0.2) is 9.37 Å². The van der Waals surface area contributed by atoms with Gasteiger partial charge in [-0.3, -0.25) is 9.69 Å². The molecule has 1 fully saturated rings. The van der Waals surface area contributed by atoms with Crippen LogP contribution in [0, 0.1) is 6.92 Å². The third-order valence-corrected chi connectivity index (χ3v) is 3.79. The van der Waals surface area contributed by atoms with Crippen molar-refractivity contribution < 1.29 is 9.18 Å². The quantitative estimate of drug-likeness (QED) is 0.911. The number of alkyl halides is 1. The third kappa shape index (κ3) is 2.27. The van der Waals surface area contributed by atoms with E-state index in [0.717, 1.165) is 17.0 Å². The van der Waals surface area contributed by atoms with Gasteiger partial charge in [0.05, 0.1) is 11.7 Å². The highest BCUT2D eigenvalue weighted by Gasteiger charge is 2.35. The summed E-state index contributed by atoms with van der Waals surface area (Å²) < 4.78 is 15.5. The van der Waals surface area contributed by atoms with Crippen molar-refractivity contribution in [2.24, 2.45) is 5.73 Å². The van der Waals surface area contributed by atoms with Crippen LogP contribution in [-0.4, -0.2) is 39.0 Å². The largest absolute Gasteiger partial charge is 0.368 e. The fourth-order valence-electron chi connectivity index (χ4n) is 2.80. The van der Waals surface area contributed by atoms with Crippen LogP contribution in [0.25, 0.3) is 5.65 Å². The highest BCUT2D eigenvalue weighted by Crippen LogP contribution is 2.22. The minimum Gasteiger partial charge on any atom is -0.368 e. The lowest BCUT2D eigenvalue weighted by Gasteiger charge is -2.19. The van der Waals surface area contributed by atoms with E-state index in [-0.39, 0.29) is 13.0 Å². The number of halogens is 1. The number of fused-ring (bicyclic) bond motifs is 1. The van der Waals surface area contributed by atoms with Crippen molar-refractivity contribution in [3.05, 3.63) is 35.8 Å². The number of primary amides is 1. The van der Waals surface area contributed by atoms with Gasteiger partial charge in [0.25, 0.3) is 0 Å². The monoisotopic (exact) mass is 276 g/mol. The van der Waals surface area contributed by atoms with Gasteiger partial charge in [-0.2, -0.15) is 0 Å². The number of nitrogens with two attached hydrogens (primary N) is 1. The van der Waals surface area contributed by atoms with Crippen LogP contribution in [0.1, 0.15) is 17.8 Å². The molecule has 3 heterocycles. The number of imidazole rings is 1. The Morgan fingerprint density at radius 1 is 1.55 bits per heavy atom. The molecule has 2 N–H and O–H groups in total. The van der Waals surface area contributed by atoms with E-state index in [1.54, 1.807) is 4.90 Å². The maximum Gasteiger partial charge on any atom is 0.234 e. The summed E-state index contributed by atoms with van der Waals surface area (Å²) in [6.45, 7) is 2.67. The molecule has 0 aliphatic carbocycles. The van der Waals surface area contributed by atoms with Crippen molar-refractivity contribution in [3.63, 3.8) is 0 Å². The molecule has 0 saturated carbocycles. The van der Waals surface area contributed by atoms with Crippen molar-refractivity contribution in [1.82, 2.24) is 14.3 Å². The maximum atomic E-state index is 13.5. The first-order chi connectivity index (χ1) is 9.54. The van der Waals surface area contributed by atoms with Crippen molar-refractivity contribution in [3.8, 4) is 0 Å². The molecule has 2 aromatic rings. The predicted molar refractivity (Wildman–Crippen MR) is 72.8 cm³/mol. The molecule has 106 valence electrons. The van der Waals surface area contributed by atoms with E-state index in [1.165, 1.54) is 0 Å². The number of pyridine rings is 1. The number of carbonyl (C=O) groups is 1. The molecule has 0 radical (unpaired) electrons. The van der Waals surface area contributed by atoms with Crippen LogP contribution >= 0.6 is 0 Å². The van der Waals surface area contributed by atoms with Crippen molar-refractivity contribution in [2.75, 3.05) is 6.54 Å². The smallest absolute Gasteiger partial charge is 0.234 e. The van der Waals surface area contributed by atoms with E-state index in [4.69, 9.17) is 5.73 Å². The summed E-state index contributed by atoms with van der Waals surface area (Å²) >= 11 is 0. The van der Waals surface area contributed by atoms with Gasteiger partial charge < -0.3 is 10.1 Å². The van der Waals surface area contributed by atoms with E-state index in [9.17, 15) is 9.18 Å². The summed E-state index contributed by atoms with van der Waals surface area (Å²) in [7, 11) is 0. The number of rotatable bonds is 3. The fourth-order valence-corrected chi connectivity index (χ4v) is 2.80. The highest BCUT2D eigenvalue weighted by molar-refractivity contribution is 5.80. The van der Waals surface area contributed by atoms with Gasteiger partial charge in [0, 0.05) is 31.4 Å². The van der Waals surface area contributed by atoms with Crippen LogP contribution in [0.2, 0.25) is 0 Å². The van der Waals surface area contributed by atoms with Crippen LogP contribution in [-0.2, 0) is 11.3 Å². The zero-order chi connectivity index (χ0) is 14.3. The van der Waals surface area contributed by atoms with E-state index in [0.29, 0.717) is 6.54 Å². The number of aryl methyl sites for hydroxylation is 1. The number of aromatic nitrogens is 2. The molecule has 0 aromatic carbocycles. The molecular weight excluding hydrogens is 259 g/mol. The molecule has 2 aromatic heterocycles. The summed E-state index contributed by atoms with van der Waals surface area (Å²) in [5.74, 6) is -0.468. The summed E-state index contributed by atoms with van der Waals surface area (Å²) in [4.78, 5) is 17.6. The van der Waals surface area contributed by atoms with Gasteiger partial charge in [-0.05, 0) is 19.1 Å². The fraction of sp³-hybridized carbons (Fsp3) is 0.429. The molecule has 5 nitrogen and oxygen atoms in total. The number of nitrogens with zero attached hydrogens (tertiary/aromatic N) is 3. The minimum atomic E-state index is -0.994. The Labute approximate surface area is 116 Å². The molecule has 1 aliphatic rings. The van der Waals surface area contributed by atoms with Crippen molar-refractivity contribution in [1.29, 1.82) is 0 Å². The second-order valence-electron chi connectivity index (χ2n) is 5.31. The zero-order valence-electron chi connectivity index (χ0n) is 11.3. The number of likely N-dealkylation sites (tertiary alicyclic amines) is 1. The van der Waals surface area contributed by atoms with E-state index >= 15 is 0 Å². The summed E-state index contributed by atoms with van der Waals surface area (Å²) in [5, 5.41) is 0. The lowest BCUT2D eigenvalue weighted by atomic mass is 10.2. The molecular formula is C14H17FN4O. The Kier molecular flexibility index (Phi) is 3.17. The average Bonchev–Trinajstić information content (AvgIpc) is 2.94. The van der Waals surface area contributed by atoms with E-state index in [1.807, 2.05) is 35.7 Å². The molecule has 3 rings (SSSR count). The summed E-state index contributed by atoms with van der Waals surface area (Å²) in [6, 6.07) is 5.33. The SMILES string of the molecule is Cc1cccc2nc(CN3C[C@H](F)C[C@H]3C(N)=O)cn12. The Morgan fingerprint density at radius 3 is 3.05 bits per heavy atom. The average molecular weight is 276 g/mol. The van der Waals surface area contributed by atoms with Gasteiger partial charge >= 0.3 is 0 Å². The van der Waals surface area contributed by atoms with Crippen LogP contribution in [0.5, 0.6) is 0 Å². The van der Waals surface area contributed by atoms with Crippen LogP contribution in [0.15, 0.2) is 24.4 Å². The molecule has 1 saturated heterocycles. The Bertz CT molecular complexity index is 654. The van der Waals surface area contributed by atoms with Crippen molar-refractivity contribution in [2.45, 2.75) is 32.1 Å². The first kappa shape index (κ1) is 13.1. The van der Waals surface area contributed by atoms with E-state index < -0.39 is 18.1 Å². The third-order valence-electron chi connectivity index (χ3n) is 3.79. The van der Waals surface area contributed by atoms with E-state index in [2.05, 4.69) is 4.98 Å². The predicted octanol–water partition coefficient (Wildman–Crippen LogP) is 1.04. The van der Waals surface area contributed by atoms with Gasteiger partial charge in [-0.15, -0.1) is 0 Å². The molecule has 20 heavy (non-hydrogen) atoms. The van der Waals surface area contributed by atoms with Gasteiger partial charge in [0.1, 0.15) is 11.8 Å². The minimum absolute atomic E-state index is 0.182. The molecule has 2 atom stereocenters. The van der Waals surface area contributed by atoms with Crippen molar-refractivity contribution >= 4 is 11.6 Å². The molecule has 0 unspecified atom stereocenters. The van der Waals surface area contributed by atoms with Crippen LogP contribution in [0.3, 0.4) is 0 Å². The zero-order valence-corrected chi connectivity index (χ0v) is 11.3. The number of amides is 1. The van der Waals surface area contributed by atoms with Crippen LogP contribution in [0.4, 0.5) is 4.39 Å². The second kappa shape index (κ2) is 4.86. The Hall–Kier alpha value is -1.95. The Balaban J connectivity index is 1.85. The Morgan fingerprint density at radius 2 is 2.35 bits per heavy atom. The molecule has 0 spiro atoms. The standard InChI is InChI=1S/C14H17FN4O/c1-9-3-2-4-13-17-11(8-19(9)13)7-18-6-10(15)5-12(18)14(16)20/h2-4,8,10,12H,5-7H2,1H3,(H2,16,20)/t10-,12+/m1/s1. The second-order valence-corrected chi connectivity index (χ2v) is 5.31. The maximum absolute atomic E-state index is 13.5.